The van der Waals surface area contributed by atoms with Crippen LogP contribution in [0.3, 0.4) is 0 Å². The van der Waals surface area contributed by atoms with Gasteiger partial charge in [-0.05, 0) is 30.7 Å². The molecule has 0 unspecified atom stereocenters. The molecule has 0 aliphatic carbocycles. The van der Waals surface area contributed by atoms with E-state index in [9.17, 15) is 4.79 Å². The van der Waals surface area contributed by atoms with Crippen LogP contribution in [-0.4, -0.2) is 29.8 Å². The highest BCUT2D eigenvalue weighted by atomic mass is 79.9. The van der Waals surface area contributed by atoms with Gasteiger partial charge in [-0.2, -0.15) is 0 Å². The molecule has 0 bridgehead atoms. The third kappa shape index (κ3) is 5.28. The average molecular weight is 467 g/mol. The first-order valence-electron chi connectivity index (χ1n) is 8.28. The van der Waals surface area contributed by atoms with Crippen LogP contribution in [0.4, 0.5) is 5.13 Å². The van der Waals surface area contributed by atoms with E-state index in [4.69, 9.17) is 16.3 Å². The van der Waals surface area contributed by atoms with E-state index in [1.165, 1.54) is 16.2 Å². The molecule has 3 rings (SSSR count). The summed E-state index contributed by atoms with van der Waals surface area (Å²) >= 11 is 10.8. The summed E-state index contributed by atoms with van der Waals surface area (Å²) in [5.74, 6) is 0.597. The van der Waals surface area contributed by atoms with Crippen LogP contribution in [0.15, 0.2) is 53.0 Å². The van der Waals surface area contributed by atoms with Crippen LogP contribution in [0.1, 0.15) is 12.8 Å². The Kier molecular flexibility index (Phi) is 6.82. The van der Waals surface area contributed by atoms with Gasteiger partial charge in [0.15, 0.2) is 0 Å². The van der Waals surface area contributed by atoms with Crippen LogP contribution in [0.25, 0.3) is 10.6 Å². The Morgan fingerprint density at radius 2 is 1.93 bits per heavy atom. The molecule has 0 saturated heterocycles. The minimum Gasteiger partial charge on any atom is -0.492 e. The number of carbonyl (C=O) groups excluding carboxylic acids is 1. The van der Waals surface area contributed by atoms with Gasteiger partial charge in [-0.25, -0.2) is 0 Å². The van der Waals surface area contributed by atoms with Crippen LogP contribution in [0.5, 0.6) is 5.75 Å². The van der Waals surface area contributed by atoms with Crippen molar-refractivity contribution in [2.24, 2.45) is 0 Å². The number of benzene rings is 2. The molecule has 0 aliphatic heterocycles. The fourth-order valence-electron chi connectivity index (χ4n) is 2.30. The van der Waals surface area contributed by atoms with Gasteiger partial charge in [0.1, 0.15) is 10.8 Å². The van der Waals surface area contributed by atoms with Crippen molar-refractivity contribution in [1.82, 2.24) is 10.2 Å². The molecule has 0 fully saturated rings. The lowest BCUT2D eigenvalue weighted by molar-refractivity contribution is -0.118. The number of amides is 1. The van der Waals surface area contributed by atoms with E-state index >= 15 is 0 Å². The van der Waals surface area contributed by atoms with Gasteiger partial charge in [-0.1, -0.05) is 63.1 Å². The molecule has 140 valence electrons. The van der Waals surface area contributed by atoms with Crippen LogP contribution in [0, 0.1) is 0 Å². The topological polar surface area (TPSA) is 55.3 Å². The van der Waals surface area contributed by atoms with E-state index in [1.807, 2.05) is 36.4 Å². The van der Waals surface area contributed by atoms with Gasteiger partial charge < -0.3 is 4.74 Å². The SMILES string of the molecule is CN(C(=O)CCCOc1ccccc1Cl)c1nnc(-c2ccc(Br)cc2)s1. The van der Waals surface area contributed by atoms with Crippen molar-refractivity contribution in [3.05, 3.63) is 58.0 Å². The normalized spacial score (nSPS) is 10.6. The minimum atomic E-state index is -0.0312. The summed E-state index contributed by atoms with van der Waals surface area (Å²) in [5, 5.41) is 10.2. The molecule has 0 saturated carbocycles. The minimum absolute atomic E-state index is 0.0312. The van der Waals surface area contributed by atoms with Crippen LogP contribution in [0.2, 0.25) is 5.02 Å². The van der Waals surface area contributed by atoms with E-state index in [-0.39, 0.29) is 5.91 Å². The van der Waals surface area contributed by atoms with Crippen molar-refractivity contribution in [3.8, 4) is 16.3 Å². The Bertz CT molecular complexity index is 917. The Labute approximate surface area is 175 Å². The summed E-state index contributed by atoms with van der Waals surface area (Å²) in [6.07, 6.45) is 0.945. The highest BCUT2D eigenvalue weighted by Gasteiger charge is 2.16. The summed E-state index contributed by atoms with van der Waals surface area (Å²) in [7, 11) is 1.71. The van der Waals surface area contributed by atoms with E-state index in [0.29, 0.717) is 35.4 Å². The van der Waals surface area contributed by atoms with Crippen molar-refractivity contribution in [1.29, 1.82) is 0 Å². The molecule has 0 spiro atoms. The smallest absolute Gasteiger partial charge is 0.228 e. The number of anilines is 1. The van der Waals surface area contributed by atoms with Crippen LogP contribution in [-0.2, 0) is 4.79 Å². The lowest BCUT2D eigenvalue weighted by atomic mass is 10.2. The number of ether oxygens (including phenoxy) is 1. The summed E-state index contributed by atoms with van der Waals surface area (Å²) in [6, 6.07) is 15.1. The molecule has 1 amide bonds. The molecule has 1 aromatic heterocycles. The second-order valence-corrected chi connectivity index (χ2v) is 8.01. The number of hydrogen-bond donors (Lipinski definition) is 0. The first-order valence-corrected chi connectivity index (χ1v) is 10.3. The van der Waals surface area contributed by atoms with E-state index in [1.54, 1.807) is 19.2 Å². The Balaban J connectivity index is 1.51. The summed E-state index contributed by atoms with van der Waals surface area (Å²) in [4.78, 5) is 13.9. The van der Waals surface area contributed by atoms with Crippen molar-refractivity contribution in [3.63, 3.8) is 0 Å². The zero-order chi connectivity index (χ0) is 19.2. The molecule has 3 aromatic rings. The Hall–Kier alpha value is -1.96. The van der Waals surface area contributed by atoms with E-state index in [0.717, 1.165) is 15.0 Å². The Morgan fingerprint density at radius 1 is 1.19 bits per heavy atom. The van der Waals surface area contributed by atoms with Gasteiger partial charge in [0.05, 0.1) is 11.6 Å². The van der Waals surface area contributed by atoms with Gasteiger partial charge in [-0.3, -0.25) is 9.69 Å². The zero-order valence-corrected chi connectivity index (χ0v) is 17.7. The number of nitrogens with zero attached hydrogens (tertiary/aromatic N) is 3. The molecule has 0 radical (unpaired) electrons. The third-order valence-corrected chi connectivity index (χ3v) is 5.69. The van der Waals surface area contributed by atoms with Gasteiger partial charge in [0.25, 0.3) is 0 Å². The number of para-hydroxylation sites is 1. The summed E-state index contributed by atoms with van der Waals surface area (Å²) in [5.41, 5.74) is 0.968. The van der Waals surface area contributed by atoms with Gasteiger partial charge in [0, 0.05) is 23.5 Å². The molecule has 8 heteroatoms. The first-order chi connectivity index (χ1) is 13.0. The maximum absolute atomic E-state index is 12.4. The first kappa shape index (κ1) is 19.8. The standard InChI is InChI=1S/C19H17BrClN3O2S/c1-24(17(25)7-4-12-26-16-6-3-2-5-15(16)21)19-23-22-18(27-19)13-8-10-14(20)11-9-13/h2-3,5-6,8-11H,4,7,12H2,1H3. The molecule has 2 aromatic carbocycles. The fourth-order valence-corrected chi connectivity index (χ4v) is 3.59. The molecule has 5 nitrogen and oxygen atoms in total. The number of aromatic nitrogens is 2. The number of halogens is 2. The second kappa shape index (κ2) is 9.30. The van der Waals surface area contributed by atoms with Gasteiger partial charge in [-0.15, -0.1) is 10.2 Å². The van der Waals surface area contributed by atoms with Gasteiger partial charge in [0.2, 0.25) is 11.0 Å². The summed E-state index contributed by atoms with van der Waals surface area (Å²) < 4.78 is 6.61. The Morgan fingerprint density at radius 3 is 2.67 bits per heavy atom. The maximum Gasteiger partial charge on any atom is 0.228 e. The predicted octanol–water partition coefficient (Wildman–Crippen LogP) is 5.44. The quantitative estimate of drug-likeness (QED) is 0.435. The monoisotopic (exact) mass is 465 g/mol. The molecule has 27 heavy (non-hydrogen) atoms. The number of rotatable bonds is 7. The van der Waals surface area contributed by atoms with Gasteiger partial charge >= 0.3 is 0 Å². The lowest BCUT2D eigenvalue weighted by Crippen LogP contribution is -2.26. The summed E-state index contributed by atoms with van der Waals surface area (Å²) in [6.45, 7) is 0.420. The molecule has 0 N–H and O–H groups in total. The predicted molar refractivity (Wildman–Crippen MR) is 113 cm³/mol. The zero-order valence-electron chi connectivity index (χ0n) is 14.6. The molecular formula is C19H17BrClN3O2S. The maximum atomic E-state index is 12.4. The highest BCUT2D eigenvalue weighted by molar-refractivity contribution is 9.10. The average Bonchev–Trinajstić information content (AvgIpc) is 3.16. The third-order valence-electron chi connectivity index (χ3n) is 3.80. The van der Waals surface area contributed by atoms with Crippen molar-refractivity contribution in [2.75, 3.05) is 18.6 Å². The molecule has 0 atom stereocenters. The van der Waals surface area contributed by atoms with Crippen LogP contribution < -0.4 is 9.64 Å². The van der Waals surface area contributed by atoms with Crippen molar-refractivity contribution >= 4 is 49.9 Å². The molecule has 1 heterocycles. The molecular weight excluding hydrogens is 450 g/mol. The largest absolute Gasteiger partial charge is 0.492 e. The van der Waals surface area contributed by atoms with Crippen molar-refractivity contribution < 1.29 is 9.53 Å². The van der Waals surface area contributed by atoms with E-state index in [2.05, 4.69) is 26.1 Å². The lowest BCUT2D eigenvalue weighted by Gasteiger charge is -2.13. The second-order valence-electron chi connectivity index (χ2n) is 5.73. The molecule has 0 aliphatic rings. The number of carbonyl (C=O) groups is 1. The van der Waals surface area contributed by atoms with Crippen LogP contribution >= 0.6 is 38.9 Å². The fraction of sp³-hybridized carbons (Fsp3) is 0.211. The number of hydrogen-bond acceptors (Lipinski definition) is 5. The van der Waals surface area contributed by atoms with E-state index < -0.39 is 0 Å². The highest BCUT2D eigenvalue weighted by Crippen LogP contribution is 2.29. The van der Waals surface area contributed by atoms with Crippen molar-refractivity contribution in [2.45, 2.75) is 12.8 Å².